The Balaban J connectivity index is 2.01. The molecule has 0 atom stereocenters. The molecule has 0 bridgehead atoms. The van der Waals surface area contributed by atoms with Gasteiger partial charge in [-0.2, -0.15) is 0 Å². The molecule has 0 aromatic heterocycles. The standard InChI is InChI=1S/C17H26FNO/c1-2-11-19-13-14-12-15(18)9-10-17(14)20-16-7-5-3-4-6-8-16/h9-10,12,16,19H,2-8,11,13H2,1H3. The zero-order chi connectivity index (χ0) is 14.2. The van der Waals surface area contributed by atoms with E-state index in [1.165, 1.54) is 31.7 Å². The normalized spacial score (nSPS) is 16.9. The van der Waals surface area contributed by atoms with Gasteiger partial charge in [-0.25, -0.2) is 4.39 Å². The van der Waals surface area contributed by atoms with Crippen molar-refractivity contribution >= 4 is 0 Å². The Bertz CT molecular complexity index is 400. The van der Waals surface area contributed by atoms with Gasteiger partial charge in [-0.1, -0.05) is 19.8 Å². The molecule has 1 aromatic rings. The molecule has 0 aliphatic heterocycles. The van der Waals surface area contributed by atoms with Crippen LogP contribution in [-0.2, 0) is 6.54 Å². The van der Waals surface area contributed by atoms with Crippen molar-refractivity contribution in [3.63, 3.8) is 0 Å². The van der Waals surface area contributed by atoms with E-state index in [-0.39, 0.29) is 5.82 Å². The highest BCUT2D eigenvalue weighted by Crippen LogP contribution is 2.26. The maximum Gasteiger partial charge on any atom is 0.124 e. The number of rotatable bonds is 6. The van der Waals surface area contributed by atoms with Gasteiger partial charge in [0.05, 0.1) is 6.10 Å². The molecule has 2 nitrogen and oxygen atoms in total. The first-order chi connectivity index (χ1) is 9.79. The highest BCUT2D eigenvalue weighted by atomic mass is 19.1. The molecule has 0 saturated heterocycles. The number of nitrogens with one attached hydrogen (secondary N) is 1. The van der Waals surface area contributed by atoms with Crippen molar-refractivity contribution in [3.8, 4) is 5.75 Å². The van der Waals surface area contributed by atoms with Gasteiger partial charge in [-0.15, -0.1) is 0 Å². The Morgan fingerprint density at radius 2 is 1.95 bits per heavy atom. The molecule has 1 saturated carbocycles. The number of benzene rings is 1. The van der Waals surface area contributed by atoms with Crippen molar-refractivity contribution in [1.29, 1.82) is 0 Å². The SMILES string of the molecule is CCCNCc1cc(F)ccc1OC1CCCCCC1. The largest absolute Gasteiger partial charge is 0.490 e. The third-order valence-corrected chi connectivity index (χ3v) is 3.86. The Hall–Kier alpha value is -1.09. The van der Waals surface area contributed by atoms with E-state index in [0.717, 1.165) is 37.1 Å². The van der Waals surface area contributed by atoms with Crippen molar-refractivity contribution in [2.75, 3.05) is 6.54 Å². The van der Waals surface area contributed by atoms with Crippen LogP contribution in [0.15, 0.2) is 18.2 Å². The number of ether oxygens (including phenoxy) is 1. The van der Waals surface area contributed by atoms with Gasteiger partial charge in [0.1, 0.15) is 11.6 Å². The topological polar surface area (TPSA) is 21.3 Å². The van der Waals surface area contributed by atoms with Crippen LogP contribution >= 0.6 is 0 Å². The minimum absolute atomic E-state index is 0.188. The van der Waals surface area contributed by atoms with Crippen LogP contribution in [0.1, 0.15) is 57.4 Å². The van der Waals surface area contributed by atoms with Crippen molar-refractivity contribution in [3.05, 3.63) is 29.6 Å². The molecular formula is C17H26FNO. The van der Waals surface area contributed by atoms with Gasteiger partial charge in [-0.05, 0) is 56.8 Å². The van der Waals surface area contributed by atoms with Crippen LogP contribution in [0.4, 0.5) is 4.39 Å². The molecule has 2 rings (SSSR count). The predicted molar refractivity (Wildman–Crippen MR) is 80.5 cm³/mol. The fraction of sp³-hybridized carbons (Fsp3) is 0.647. The quantitative estimate of drug-likeness (QED) is 0.614. The van der Waals surface area contributed by atoms with Gasteiger partial charge in [0.25, 0.3) is 0 Å². The zero-order valence-corrected chi connectivity index (χ0v) is 12.5. The fourth-order valence-electron chi connectivity index (χ4n) is 2.74. The van der Waals surface area contributed by atoms with E-state index in [4.69, 9.17) is 4.74 Å². The first kappa shape index (κ1) is 15.3. The summed E-state index contributed by atoms with van der Waals surface area (Å²) in [5.41, 5.74) is 0.933. The van der Waals surface area contributed by atoms with Crippen LogP contribution in [-0.4, -0.2) is 12.6 Å². The Labute approximate surface area is 121 Å². The van der Waals surface area contributed by atoms with Crippen molar-refractivity contribution in [2.24, 2.45) is 0 Å². The second-order valence-corrected chi connectivity index (χ2v) is 5.66. The highest BCUT2D eigenvalue weighted by molar-refractivity contribution is 5.34. The Kier molecular flexibility index (Phi) is 6.31. The van der Waals surface area contributed by atoms with E-state index in [1.807, 2.05) is 0 Å². The van der Waals surface area contributed by atoms with Crippen LogP contribution in [0.5, 0.6) is 5.75 Å². The summed E-state index contributed by atoms with van der Waals surface area (Å²) in [7, 11) is 0. The molecule has 1 aliphatic carbocycles. The molecule has 0 spiro atoms. The summed E-state index contributed by atoms with van der Waals surface area (Å²) >= 11 is 0. The molecule has 1 N–H and O–H groups in total. The fourth-order valence-corrected chi connectivity index (χ4v) is 2.74. The van der Waals surface area contributed by atoms with Gasteiger partial charge in [0.2, 0.25) is 0 Å². The Morgan fingerprint density at radius 1 is 1.20 bits per heavy atom. The van der Waals surface area contributed by atoms with Crippen LogP contribution in [0, 0.1) is 5.82 Å². The van der Waals surface area contributed by atoms with E-state index in [9.17, 15) is 4.39 Å². The maximum atomic E-state index is 13.4. The highest BCUT2D eigenvalue weighted by Gasteiger charge is 2.15. The lowest BCUT2D eigenvalue weighted by Crippen LogP contribution is -2.19. The smallest absolute Gasteiger partial charge is 0.124 e. The summed E-state index contributed by atoms with van der Waals surface area (Å²) in [6.07, 6.45) is 8.74. The maximum absolute atomic E-state index is 13.4. The van der Waals surface area contributed by atoms with Crippen LogP contribution in [0.2, 0.25) is 0 Å². The summed E-state index contributed by atoms with van der Waals surface area (Å²) in [6.45, 7) is 3.74. The molecule has 0 radical (unpaired) electrons. The molecule has 112 valence electrons. The summed E-state index contributed by atoms with van der Waals surface area (Å²) in [5.74, 6) is 0.661. The second kappa shape index (κ2) is 8.25. The molecule has 1 aromatic carbocycles. The minimum atomic E-state index is -0.188. The second-order valence-electron chi connectivity index (χ2n) is 5.66. The molecule has 1 aliphatic rings. The molecule has 0 unspecified atom stereocenters. The van der Waals surface area contributed by atoms with Crippen LogP contribution in [0.3, 0.4) is 0 Å². The zero-order valence-electron chi connectivity index (χ0n) is 12.5. The third-order valence-electron chi connectivity index (χ3n) is 3.86. The van der Waals surface area contributed by atoms with E-state index in [0.29, 0.717) is 12.6 Å². The molecule has 3 heteroatoms. The van der Waals surface area contributed by atoms with E-state index in [1.54, 1.807) is 12.1 Å². The third kappa shape index (κ3) is 4.78. The van der Waals surface area contributed by atoms with E-state index >= 15 is 0 Å². The lowest BCUT2D eigenvalue weighted by atomic mass is 10.1. The van der Waals surface area contributed by atoms with Gasteiger partial charge in [-0.3, -0.25) is 0 Å². The molecular weight excluding hydrogens is 253 g/mol. The van der Waals surface area contributed by atoms with Gasteiger partial charge < -0.3 is 10.1 Å². The minimum Gasteiger partial charge on any atom is -0.490 e. The van der Waals surface area contributed by atoms with Gasteiger partial charge >= 0.3 is 0 Å². The van der Waals surface area contributed by atoms with E-state index in [2.05, 4.69) is 12.2 Å². The summed E-state index contributed by atoms with van der Waals surface area (Å²) in [6, 6.07) is 4.87. The lowest BCUT2D eigenvalue weighted by Gasteiger charge is -2.19. The van der Waals surface area contributed by atoms with Crippen molar-refractivity contribution in [2.45, 2.75) is 64.5 Å². The monoisotopic (exact) mass is 279 g/mol. The molecule has 1 fully saturated rings. The summed E-state index contributed by atoms with van der Waals surface area (Å²) < 4.78 is 19.6. The predicted octanol–water partition coefficient (Wildman–Crippen LogP) is 4.43. The summed E-state index contributed by atoms with van der Waals surface area (Å²) in [4.78, 5) is 0. The van der Waals surface area contributed by atoms with Gasteiger partial charge in [0.15, 0.2) is 0 Å². The molecule has 0 heterocycles. The lowest BCUT2D eigenvalue weighted by molar-refractivity contribution is 0.181. The molecule has 20 heavy (non-hydrogen) atoms. The summed E-state index contributed by atoms with van der Waals surface area (Å²) in [5, 5.41) is 3.32. The van der Waals surface area contributed by atoms with Crippen LogP contribution < -0.4 is 10.1 Å². The first-order valence-electron chi connectivity index (χ1n) is 7.95. The number of hydrogen-bond acceptors (Lipinski definition) is 2. The average molecular weight is 279 g/mol. The molecule has 0 amide bonds. The average Bonchev–Trinajstić information content (AvgIpc) is 2.70. The van der Waals surface area contributed by atoms with Crippen LogP contribution in [0.25, 0.3) is 0 Å². The Morgan fingerprint density at radius 3 is 2.65 bits per heavy atom. The van der Waals surface area contributed by atoms with Crippen molar-refractivity contribution < 1.29 is 9.13 Å². The van der Waals surface area contributed by atoms with E-state index < -0.39 is 0 Å². The number of halogens is 1. The number of hydrogen-bond donors (Lipinski definition) is 1. The van der Waals surface area contributed by atoms with Gasteiger partial charge in [0, 0.05) is 12.1 Å². The first-order valence-corrected chi connectivity index (χ1v) is 7.95. The van der Waals surface area contributed by atoms with Crippen molar-refractivity contribution in [1.82, 2.24) is 5.32 Å².